The molecule has 0 saturated carbocycles. The van der Waals surface area contributed by atoms with Crippen LogP contribution in [0, 0.1) is 0 Å². The highest BCUT2D eigenvalue weighted by Gasteiger charge is 2.21. The number of nitrogens with zero attached hydrogens (tertiary/aromatic N) is 1. The van der Waals surface area contributed by atoms with Crippen LogP contribution in [0.3, 0.4) is 0 Å². The van der Waals surface area contributed by atoms with Crippen LogP contribution >= 0.6 is 0 Å². The fourth-order valence-corrected chi connectivity index (χ4v) is 4.31. The van der Waals surface area contributed by atoms with E-state index in [-0.39, 0.29) is 0 Å². The summed E-state index contributed by atoms with van der Waals surface area (Å²) in [6.07, 6.45) is 0.984. The van der Waals surface area contributed by atoms with Gasteiger partial charge < -0.3 is 14.6 Å². The van der Waals surface area contributed by atoms with Crippen molar-refractivity contribution in [3.05, 3.63) is 60.7 Å². The lowest BCUT2D eigenvalue weighted by Gasteiger charge is -2.27. The monoisotopic (exact) mass is 328 g/mol. The maximum atomic E-state index is 5.87. The molecule has 0 radical (unpaired) electrons. The van der Waals surface area contributed by atoms with Gasteiger partial charge >= 0.3 is 0 Å². The Morgan fingerprint density at radius 1 is 0.913 bits per heavy atom. The van der Waals surface area contributed by atoms with E-state index >= 15 is 0 Å². The molecule has 0 aliphatic rings. The van der Waals surface area contributed by atoms with Crippen LogP contribution < -0.4 is 10.2 Å². The summed E-state index contributed by atoms with van der Waals surface area (Å²) in [5.74, 6) is 0. The minimum atomic E-state index is -1.56. The third-order valence-corrected chi connectivity index (χ3v) is 5.91. The Bertz CT molecular complexity index is 521. The predicted octanol–water partition coefficient (Wildman–Crippen LogP) is 4.20. The Labute approximate surface area is 141 Å². The number of anilines is 2. The molecular weight excluding hydrogens is 300 g/mol. The van der Waals surface area contributed by atoms with Gasteiger partial charge in [-0.05, 0) is 44.3 Å². The van der Waals surface area contributed by atoms with Crippen molar-refractivity contribution in [3.8, 4) is 0 Å². The Hall–Kier alpha value is -1.62. The molecule has 0 amide bonds. The Morgan fingerprint density at radius 2 is 1.43 bits per heavy atom. The van der Waals surface area contributed by atoms with Crippen LogP contribution in [0.4, 0.5) is 11.4 Å². The van der Waals surface area contributed by atoms with E-state index in [1.807, 2.05) is 0 Å². The third kappa shape index (κ3) is 5.82. The second-order valence-corrected chi connectivity index (χ2v) is 10.4. The lowest BCUT2D eigenvalue weighted by Crippen LogP contribution is -2.44. The molecule has 2 rings (SSSR count). The minimum absolute atomic E-state index is 0.807. The molecule has 0 spiro atoms. The van der Waals surface area contributed by atoms with Gasteiger partial charge in [-0.25, -0.2) is 0 Å². The molecule has 4 heteroatoms. The van der Waals surface area contributed by atoms with Crippen LogP contribution in [0.5, 0.6) is 0 Å². The Balaban J connectivity index is 1.97. The molecule has 3 nitrogen and oxygen atoms in total. The van der Waals surface area contributed by atoms with Crippen molar-refractivity contribution in [2.75, 3.05) is 30.8 Å². The van der Waals surface area contributed by atoms with Gasteiger partial charge in [0.2, 0.25) is 0 Å². The van der Waals surface area contributed by atoms with Crippen LogP contribution in [0.2, 0.25) is 13.1 Å². The number of para-hydroxylation sites is 2. The average Bonchev–Trinajstić information content (AvgIpc) is 2.56. The summed E-state index contributed by atoms with van der Waals surface area (Å²) in [5, 5.41) is 3.58. The molecule has 1 N–H and O–H groups in total. The normalized spacial score (nSPS) is 11.4. The van der Waals surface area contributed by atoms with Crippen LogP contribution in [0.25, 0.3) is 0 Å². The molecular formula is C19H28N2OSi. The topological polar surface area (TPSA) is 24.5 Å². The van der Waals surface area contributed by atoms with Gasteiger partial charge in [0.15, 0.2) is 8.32 Å². The van der Waals surface area contributed by atoms with E-state index in [0.29, 0.717) is 0 Å². The summed E-state index contributed by atoms with van der Waals surface area (Å²) in [7, 11) is -1.56. The lowest BCUT2D eigenvalue weighted by molar-refractivity contribution is 0.327. The molecule has 2 aromatic carbocycles. The summed E-state index contributed by atoms with van der Waals surface area (Å²) < 4.78 is 5.87. The first-order chi connectivity index (χ1) is 11.1. The van der Waals surface area contributed by atoms with Crippen molar-refractivity contribution in [2.24, 2.45) is 0 Å². The van der Waals surface area contributed by atoms with Gasteiger partial charge in [0, 0.05) is 37.2 Å². The Kier molecular flexibility index (Phi) is 6.83. The van der Waals surface area contributed by atoms with E-state index in [9.17, 15) is 0 Å². The van der Waals surface area contributed by atoms with Crippen LogP contribution in [0.15, 0.2) is 60.7 Å². The molecule has 0 aromatic heterocycles. The molecule has 23 heavy (non-hydrogen) atoms. The summed E-state index contributed by atoms with van der Waals surface area (Å²) in [6, 6.07) is 21.1. The summed E-state index contributed by atoms with van der Waals surface area (Å²) in [4.78, 5) is 2.35. The first-order valence-corrected chi connectivity index (χ1v) is 11.5. The smallest absolute Gasteiger partial charge is 0.200 e. The zero-order chi connectivity index (χ0) is 16.5. The molecule has 0 saturated heterocycles. The van der Waals surface area contributed by atoms with E-state index in [1.165, 1.54) is 11.4 Å². The second-order valence-electron chi connectivity index (χ2n) is 6.19. The quantitative estimate of drug-likeness (QED) is 0.551. The summed E-state index contributed by atoms with van der Waals surface area (Å²) in [5.41, 5.74) is 2.45. The number of benzene rings is 2. The van der Waals surface area contributed by atoms with Crippen molar-refractivity contribution >= 4 is 19.7 Å². The van der Waals surface area contributed by atoms with Gasteiger partial charge in [-0.1, -0.05) is 36.4 Å². The summed E-state index contributed by atoms with van der Waals surface area (Å²) in [6.45, 7) is 9.27. The van der Waals surface area contributed by atoms with Crippen molar-refractivity contribution in [1.29, 1.82) is 0 Å². The number of nitrogens with one attached hydrogen (secondary N) is 1. The number of hydrogen-bond acceptors (Lipinski definition) is 3. The van der Waals surface area contributed by atoms with E-state index in [4.69, 9.17) is 4.43 Å². The van der Waals surface area contributed by atoms with Crippen molar-refractivity contribution in [3.63, 3.8) is 0 Å². The first kappa shape index (κ1) is 17.7. The van der Waals surface area contributed by atoms with Crippen molar-refractivity contribution in [2.45, 2.75) is 20.0 Å². The van der Waals surface area contributed by atoms with E-state index < -0.39 is 8.32 Å². The van der Waals surface area contributed by atoms with Crippen molar-refractivity contribution in [1.82, 2.24) is 5.32 Å². The van der Waals surface area contributed by atoms with E-state index in [1.54, 1.807) is 0 Å². The third-order valence-electron chi connectivity index (χ3n) is 3.73. The maximum absolute atomic E-state index is 5.87. The van der Waals surface area contributed by atoms with Gasteiger partial charge in [0.1, 0.15) is 0 Å². The van der Waals surface area contributed by atoms with Gasteiger partial charge in [-0.2, -0.15) is 0 Å². The SMILES string of the molecule is CCO[Si](C)(C)CNCCN(c1ccccc1)c1ccccc1. The lowest BCUT2D eigenvalue weighted by atomic mass is 10.2. The fraction of sp³-hybridized carbons (Fsp3) is 0.368. The van der Waals surface area contributed by atoms with Crippen LogP contribution in [-0.4, -0.2) is 34.2 Å². The second kappa shape index (κ2) is 8.87. The Morgan fingerprint density at radius 3 is 1.91 bits per heavy atom. The highest BCUT2D eigenvalue weighted by Crippen LogP contribution is 2.24. The van der Waals surface area contributed by atoms with Gasteiger partial charge in [0.25, 0.3) is 0 Å². The molecule has 0 bridgehead atoms. The van der Waals surface area contributed by atoms with Gasteiger partial charge in [-0.15, -0.1) is 0 Å². The van der Waals surface area contributed by atoms with E-state index in [2.05, 4.69) is 90.9 Å². The zero-order valence-electron chi connectivity index (χ0n) is 14.5. The highest BCUT2D eigenvalue weighted by molar-refractivity contribution is 6.71. The maximum Gasteiger partial charge on any atom is 0.200 e. The summed E-state index contributed by atoms with van der Waals surface area (Å²) >= 11 is 0. The molecule has 0 atom stereocenters. The number of rotatable bonds is 9. The van der Waals surface area contributed by atoms with Gasteiger partial charge in [-0.3, -0.25) is 0 Å². The van der Waals surface area contributed by atoms with Gasteiger partial charge in [0.05, 0.1) is 0 Å². The zero-order valence-corrected chi connectivity index (χ0v) is 15.5. The van der Waals surface area contributed by atoms with Crippen LogP contribution in [-0.2, 0) is 4.43 Å². The minimum Gasteiger partial charge on any atom is -0.416 e. The first-order valence-electron chi connectivity index (χ1n) is 8.35. The van der Waals surface area contributed by atoms with E-state index in [0.717, 1.165) is 25.9 Å². The molecule has 2 aromatic rings. The molecule has 0 aliphatic heterocycles. The highest BCUT2D eigenvalue weighted by atomic mass is 28.4. The predicted molar refractivity (Wildman–Crippen MR) is 102 cm³/mol. The molecule has 0 unspecified atom stereocenters. The molecule has 0 aliphatic carbocycles. The molecule has 124 valence electrons. The van der Waals surface area contributed by atoms with Crippen LogP contribution in [0.1, 0.15) is 6.92 Å². The molecule has 0 fully saturated rings. The molecule has 0 heterocycles. The largest absolute Gasteiger partial charge is 0.416 e. The van der Waals surface area contributed by atoms with Crippen molar-refractivity contribution < 1.29 is 4.43 Å². The average molecular weight is 329 g/mol. The fourth-order valence-electron chi connectivity index (χ4n) is 2.65. The standard InChI is InChI=1S/C19H28N2OSi/c1-4-22-23(2,3)17-20-15-16-21(18-11-7-5-8-12-18)19-13-9-6-10-14-19/h5-14,20H,4,15-17H2,1-3H3. The number of hydrogen-bond donors (Lipinski definition) is 1.